The fraction of sp³-hybridized carbons (Fsp3) is 0.600. The van der Waals surface area contributed by atoms with Crippen molar-refractivity contribution < 1.29 is 5.11 Å². The van der Waals surface area contributed by atoms with Crippen LogP contribution in [-0.2, 0) is 0 Å². The Bertz CT molecular complexity index is 283. The van der Waals surface area contributed by atoms with Gasteiger partial charge in [0.15, 0.2) is 0 Å². The summed E-state index contributed by atoms with van der Waals surface area (Å²) in [6.45, 7) is 0.553. The van der Waals surface area contributed by atoms with Crippen LogP contribution in [0.4, 0.5) is 5.95 Å². The molecule has 1 heterocycles. The molecule has 1 fully saturated rings. The highest BCUT2D eigenvalue weighted by molar-refractivity contribution is 5.23. The molecule has 14 heavy (non-hydrogen) atoms. The molecule has 2 rings (SSSR count). The summed E-state index contributed by atoms with van der Waals surface area (Å²) >= 11 is 0. The summed E-state index contributed by atoms with van der Waals surface area (Å²) in [5, 5.41) is 13.1. The highest BCUT2D eigenvalue weighted by Crippen LogP contribution is 2.29. The second-order valence-electron chi connectivity index (χ2n) is 3.86. The third kappa shape index (κ3) is 2.20. The Morgan fingerprint density at radius 3 is 2.57 bits per heavy atom. The van der Waals surface area contributed by atoms with Crippen molar-refractivity contribution in [1.82, 2.24) is 9.97 Å². The van der Waals surface area contributed by atoms with Crippen molar-refractivity contribution >= 4 is 5.95 Å². The van der Waals surface area contributed by atoms with Crippen molar-refractivity contribution in [1.29, 1.82) is 0 Å². The molecule has 0 aromatic carbocycles. The van der Waals surface area contributed by atoms with Gasteiger partial charge in [-0.2, -0.15) is 0 Å². The molecule has 1 aliphatic carbocycles. The van der Waals surface area contributed by atoms with E-state index < -0.39 is 5.60 Å². The molecule has 0 aliphatic heterocycles. The van der Waals surface area contributed by atoms with Crippen molar-refractivity contribution in [3.63, 3.8) is 0 Å². The largest absolute Gasteiger partial charge is 0.388 e. The minimum atomic E-state index is -0.542. The summed E-state index contributed by atoms with van der Waals surface area (Å²) in [6.07, 6.45) is 7.38. The Morgan fingerprint density at radius 1 is 1.29 bits per heavy atom. The van der Waals surface area contributed by atoms with Gasteiger partial charge in [-0.1, -0.05) is 12.8 Å². The van der Waals surface area contributed by atoms with Crippen LogP contribution in [0.1, 0.15) is 25.7 Å². The number of anilines is 1. The highest BCUT2D eigenvalue weighted by Gasteiger charge is 2.30. The summed E-state index contributed by atoms with van der Waals surface area (Å²) < 4.78 is 0. The monoisotopic (exact) mass is 193 g/mol. The Morgan fingerprint density at radius 2 is 1.93 bits per heavy atom. The number of hydrogen-bond acceptors (Lipinski definition) is 4. The van der Waals surface area contributed by atoms with Crippen molar-refractivity contribution in [3.05, 3.63) is 18.5 Å². The smallest absolute Gasteiger partial charge is 0.222 e. The molecular weight excluding hydrogens is 178 g/mol. The van der Waals surface area contributed by atoms with Gasteiger partial charge >= 0.3 is 0 Å². The van der Waals surface area contributed by atoms with Crippen LogP contribution in [0, 0.1) is 0 Å². The summed E-state index contributed by atoms with van der Waals surface area (Å²) in [4.78, 5) is 8.07. The molecule has 1 aliphatic rings. The zero-order chi connectivity index (χ0) is 9.86. The molecule has 76 valence electrons. The van der Waals surface area contributed by atoms with E-state index in [4.69, 9.17) is 0 Å². The van der Waals surface area contributed by atoms with Gasteiger partial charge in [0.2, 0.25) is 5.95 Å². The summed E-state index contributed by atoms with van der Waals surface area (Å²) in [6, 6.07) is 1.77. The molecule has 1 aromatic heterocycles. The molecule has 1 aromatic rings. The maximum absolute atomic E-state index is 10.0. The maximum atomic E-state index is 10.0. The SMILES string of the molecule is OC1(CNc2ncccn2)CCCC1. The lowest BCUT2D eigenvalue weighted by atomic mass is 10.0. The van der Waals surface area contributed by atoms with Crippen molar-refractivity contribution in [3.8, 4) is 0 Å². The zero-order valence-electron chi connectivity index (χ0n) is 8.11. The van der Waals surface area contributed by atoms with Crippen molar-refractivity contribution in [2.24, 2.45) is 0 Å². The van der Waals surface area contributed by atoms with Gasteiger partial charge in [-0.25, -0.2) is 9.97 Å². The molecule has 0 atom stereocenters. The number of aromatic nitrogens is 2. The van der Waals surface area contributed by atoms with Crippen LogP contribution < -0.4 is 5.32 Å². The van der Waals surface area contributed by atoms with Gasteiger partial charge in [-0.3, -0.25) is 0 Å². The Labute approximate surface area is 83.4 Å². The van der Waals surface area contributed by atoms with E-state index in [0.29, 0.717) is 12.5 Å². The van der Waals surface area contributed by atoms with E-state index in [2.05, 4.69) is 15.3 Å². The molecule has 4 nitrogen and oxygen atoms in total. The third-order valence-electron chi connectivity index (χ3n) is 2.68. The second kappa shape index (κ2) is 3.92. The van der Waals surface area contributed by atoms with E-state index in [1.54, 1.807) is 18.5 Å². The molecule has 0 spiro atoms. The molecular formula is C10H15N3O. The van der Waals surface area contributed by atoms with Crippen LogP contribution in [0.2, 0.25) is 0 Å². The molecule has 4 heteroatoms. The van der Waals surface area contributed by atoms with Crippen LogP contribution in [-0.4, -0.2) is 27.2 Å². The van der Waals surface area contributed by atoms with E-state index in [-0.39, 0.29) is 0 Å². The van der Waals surface area contributed by atoms with Gasteiger partial charge in [0, 0.05) is 18.9 Å². The average Bonchev–Trinajstić information content (AvgIpc) is 2.65. The first-order chi connectivity index (χ1) is 6.79. The first-order valence-corrected chi connectivity index (χ1v) is 5.02. The van der Waals surface area contributed by atoms with Crippen LogP contribution in [0.25, 0.3) is 0 Å². The van der Waals surface area contributed by atoms with E-state index in [9.17, 15) is 5.11 Å². The highest BCUT2D eigenvalue weighted by atomic mass is 16.3. The second-order valence-corrected chi connectivity index (χ2v) is 3.86. The standard InChI is InChI=1S/C10H15N3O/c14-10(4-1-2-5-10)8-13-9-11-6-3-7-12-9/h3,6-7,14H,1-2,4-5,8H2,(H,11,12,13). The number of rotatable bonds is 3. The van der Waals surface area contributed by atoms with Gasteiger partial charge in [-0.15, -0.1) is 0 Å². The molecule has 0 bridgehead atoms. The molecule has 0 unspecified atom stereocenters. The van der Waals surface area contributed by atoms with Crippen LogP contribution in [0.3, 0.4) is 0 Å². The lowest BCUT2D eigenvalue weighted by Crippen LogP contribution is -2.33. The number of aliphatic hydroxyl groups is 1. The average molecular weight is 193 g/mol. The minimum Gasteiger partial charge on any atom is -0.388 e. The lowest BCUT2D eigenvalue weighted by Gasteiger charge is -2.22. The molecule has 0 amide bonds. The first-order valence-electron chi connectivity index (χ1n) is 5.02. The number of nitrogens with zero attached hydrogens (tertiary/aromatic N) is 2. The first kappa shape index (κ1) is 9.40. The van der Waals surface area contributed by atoms with E-state index in [1.807, 2.05) is 0 Å². The van der Waals surface area contributed by atoms with E-state index in [1.165, 1.54) is 0 Å². The summed E-state index contributed by atoms with van der Waals surface area (Å²) in [7, 11) is 0. The van der Waals surface area contributed by atoms with Gasteiger partial charge in [0.05, 0.1) is 5.60 Å². The quantitative estimate of drug-likeness (QED) is 0.757. The summed E-state index contributed by atoms with van der Waals surface area (Å²) in [5.74, 6) is 0.591. The molecule has 1 saturated carbocycles. The maximum Gasteiger partial charge on any atom is 0.222 e. The topological polar surface area (TPSA) is 58.0 Å². The molecule has 2 N–H and O–H groups in total. The van der Waals surface area contributed by atoms with Gasteiger partial charge in [0.25, 0.3) is 0 Å². The number of hydrogen-bond donors (Lipinski definition) is 2. The zero-order valence-corrected chi connectivity index (χ0v) is 8.11. The number of nitrogens with one attached hydrogen (secondary N) is 1. The van der Waals surface area contributed by atoms with Crippen molar-refractivity contribution in [2.75, 3.05) is 11.9 Å². The van der Waals surface area contributed by atoms with E-state index in [0.717, 1.165) is 25.7 Å². The fourth-order valence-corrected chi connectivity index (χ4v) is 1.84. The minimum absolute atomic E-state index is 0.542. The Balaban J connectivity index is 1.88. The lowest BCUT2D eigenvalue weighted by molar-refractivity contribution is 0.0613. The van der Waals surface area contributed by atoms with Crippen LogP contribution in [0.15, 0.2) is 18.5 Å². The van der Waals surface area contributed by atoms with Gasteiger partial charge < -0.3 is 10.4 Å². The van der Waals surface area contributed by atoms with Gasteiger partial charge in [-0.05, 0) is 18.9 Å². The normalized spacial score (nSPS) is 19.5. The third-order valence-corrected chi connectivity index (χ3v) is 2.68. The van der Waals surface area contributed by atoms with Crippen molar-refractivity contribution in [2.45, 2.75) is 31.3 Å². The molecule has 0 saturated heterocycles. The Kier molecular flexibility index (Phi) is 2.63. The summed E-state index contributed by atoms with van der Waals surface area (Å²) in [5.41, 5.74) is -0.542. The molecule has 0 radical (unpaired) electrons. The van der Waals surface area contributed by atoms with Crippen LogP contribution in [0.5, 0.6) is 0 Å². The predicted molar refractivity (Wildman–Crippen MR) is 53.9 cm³/mol. The van der Waals surface area contributed by atoms with E-state index >= 15 is 0 Å². The Hall–Kier alpha value is -1.16. The predicted octanol–water partition coefficient (Wildman–Crippen LogP) is 1.19. The fourth-order valence-electron chi connectivity index (χ4n) is 1.84. The van der Waals surface area contributed by atoms with Gasteiger partial charge in [0.1, 0.15) is 0 Å². The van der Waals surface area contributed by atoms with Crippen LogP contribution >= 0.6 is 0 Å².